The van der Waals surface area contributed by atoms with Gasteiger partial charge in [0.15, 0.2) is 5.96 Å². The van der Waals surface area contributed by atoms with Crippen LogP contribution in [0.2, 0.25) is 0 Å². The Morgan fingerprint density at radius 1 is 1.07 bits per heavy atom. The molecule has 0 bridgehead atoms. The van der Waals surface area contributed by atoms with Crippen molar-refractivity contribution >= 4 is 17.3 Å². The molecule has 2 aromatic rings. The summed E-state index contributed by atoms with van der Waals surface area (Å²) in [6.45, 7) is 8.38. The molecular formula is C22H34N4OS. The monoisotopic (exact) mass is 402 g/mol. The topological polar surface area (TPSA) is 58.5 Å². The van der Waals surface area contributed by atoms with Gasteiger partial charge in [0.1, 0.15) is 0 Å². The van der Waals surface area contributed by atoms with Gasteiger partial charge in [0.05, 0.1) is 11.6 Å². The zero-order valence-corrected chi connectivity index (χ0v) is 18.1. The van der Waals surface area contributed by atoms with Crippen molar-refractivity contribution in [2.75, 3.05) is 32.8 Å². The number of hydrogen-bond acceptors (Lipinski definition) is 4. The second-order valence-electron chi connectivity index (χ2n) is 6.57. The van der Waals surface area contributed by atoms with Crippen molar-refractivity contribution in [3.8, 4) is 0 Å². The third kappa shape index (κ3) is 9.33. The van der Waals surface area contributed by atoms with Gasteiger partial charge in [0, 0.05) is 43.7 Å². The van der Waals surface area contributed by atoms with E-state index in [4.69, 9.17) is 4.74 Å². The molecule has 1 heterocycles. The Morgan fingerprint density at radius 2 is 1.93 bits per heavy atom. The maximum absolute atomic E-state index is 5.73. The van der Waals surface area contributed by atoms with E-state index in [1.165, 1.54) is 15.4 Å². The van der Waals surface area contributed by atoms with E-state index in [0.29, 0.717) is 0 Å². The molecule has 0 aliphatic rings. The molecule has 0 saturated heterocycles. The van der Waals surface area contributed by atoms with Gasteiger partial charge in [-0.2, -0.15) is 0 Å². The zero-order chi connectivity index (χ0) is 19.9. The number of nitrogens with one attached hydrogen (secondary N) is 2. The van der Waals surface area contributed by atoms with E-state index in [0.717, 1.165) is 70.9 Å². The molecule has 28 heavy (non-hydrogen) atoms. The van der Waals surface area contributed by atoms with Crippen molar-refractivity contribution < 1.29 is 4.74 Å². The van der Waals surface area contributed by atoms with Gasteiger partial charge in [-0.1, -0.05) is 37.3 Å². The van der Waals surface area contributed by atoms with Gasteiger partial charge in [0.25, 0.3) is 0 Å². The van der Waals surface area contributed by atoms with Crippen LogP contribution in [0.1, 0.15) is 42.1 Å². The summed E-state index contributed by atoms with van der Waals surface area (Å²) in [5, 5.41) is 7.89. The fraction of sp³-hybridized carbons (Fsp3) is 0.545. The lowest BCUT2D eigenvalue weighted by Gasteiger charge is -2.10. The molecule has 0 amide bonds. The molecule has 0 spiro atoms. The Morgan fingerprint density at radius 3 is 2.68 bits per heavy atom. The Hall–Kier alpha value is -1.92. The molecule has 0 aliphatic heterocycles. The first-order valence-electron chi connectivity index (χ1n) is 10.4. The van der Waals surface area contributed by atoms with E-state index >= 15 is 0 Å². The number of nitrogens with zero attached hydrogens (tertiary/aromatic N) is 2. The van der Waals surface area contributed by atoms with Crippen molar-refractivity contribution in [3.05, 3.63) is 52.0 Å². The molecule has 0 saturated carbocycles. The average molecular weight is 403 g/mol. The Kier molecular flexibility index (Phi) is 11.3. The number of ether oxygens (including phenoxy) is 1. The maximum Gasteiger partial charge on any atom is 0.191 e. The van der Waals surface area contributed by atoms with Gasteiger partial charge in [0.2, 0.25) is 0 Å². The molecule has 154 valence electrons. The van der Waals surface area contributed by atoms with Gasteiger partial charge in [-0.3, -0.25) is 4.99 Å². The highest BCUT2D eigenvalue weighted by atomic mass is 32.1. The van der Waals surface area contributed by atoms with E-state index in [9.17, 15) is 0 Å². The molecule has 0 atom stereocenters. The number of hydrogen-bond donors (Lipinski definition) is 2. The van der Waals surface area contributed by atoms with Crippen molar-refractivity contribution in [2.45, 2.75) is 46.0 Å². The number of rotatable bonds is 13. The predicted octanol–water partition coefficient (Wildman–Crippen LogP) is 3.84. The SMILES string of the molecule is CCNC(=NCCCCOCCc1ccccc1)NCCc1ncc(CC)s1. The summed E-state index contributed by atoms with van der Waals surface area (Å²) in [4.78, 5) is 10.5. The third-order valence-electron chi connectivity index (χ3n) is 4.27. The quantitative estimate of drug-likeness (QED) is 0.304. The van der Waals surface area contributed by atoms with Crippen LogP contribution < -0.4 is 10.6 Å². The first kappa shape index (κ1) is 22.4. The number of benzene rings is 1. The fourth-order valence-corrected chi connectivity index (χ4v) is 3.56. The number of unbranched alkanes of at least 4 members (excludes halogenated alkanes) is 1. The molecule has 0 radical (unpaired) electrons. The lowest BCUT2D eigenvalue weighted by molar-refractivity contribution is 0.134. The first-order chi connectivity index (χ1) is 13.8. The lowest BCUT2D eigenvalue weighted by atomic mass is 10.2. The van der Waals surface area contributed by atoms with E-state index in [2.05, 4.69) is 58.7 Å². The van der Waals surface area contributed by atoms with E-state index in [-0.39, 0.29) is 0 Å². The second kappa shape index (κ2) is 14.1. The molecule has 0 unspecified atom stereocenters. The van der Waals surface area contributed by atoms with Gasteiger partial charge >= 0.3 is 0 Å². The molecule has 1 aromatic carbocycles. The smallest absolute Gasteiger partial charge is 0.191 e. The predicted molar refractivity (Wildman–Crippen MR) is 119 cm³/mol. The normalized spacial score (nSPS) is 11.6. The van der Waals surface area contributed by atoms with Crippen LogP contribution >= 0.6 is 11.3 Å². The highest BCUT2D eigenvalue weighted by Crippen LogP contribution is 2.13. The van der Waals surface area contributed by atoms with Gasteiger partial charge in [-0.05, 0) is 38.2 Å². The summed E-state index contributed by atoms with van der Waals surface area (Å²) in [6.07, 6.45) is 7.04. The van der Waals surface area contributed by atoms with Gasteiger partial charge in [-0.15, -0.1) is 11.3 Å². The van der Waals surface area contributed by atoms with Crippen molar-refractivity contribution in [2.24, 2.45) is 4.99 Å². The lowest BCUT2D eigenvalue weighted by Crippen LogP contribution is -2.38. The molecule has 5 nitrogen and oxygen atoms in total. The third-order valence-corrected chi connectivity index (χ3v) is 5.47. The Bertz CT molecular complexity index is 672. The van der Waals surface area contributed by atoms with Crippen LogP contribution in [-0.2, 0) is 24.0 Å². The van der Waals surface area contributed by atoms with Crippen LogP contribution in [0.25, 0.3) is 0 Å². The molecule has 6 heteroatoms. The summed E-state index contributed by atoms with van der Waals surface area (Å²) >= 11 is 1.80. The van der Waals surface area contributed by atoms with Crippen LogP contribution in [0, 0.1) is 0 Å². The van der Waals surface area contributed by atoms with Crippen LogP contribution in [0.4, 0.5) is 0 Å². The summed E-state index contributed by atoms with van der Waals surface area (Å²) in [5.74, 6) is 0.889. The summed E-state index contributed by atoms with van der Waals surface area (Å²) in [7, 11) is 0. The molecule has 2 rings (SSSR count). The second-order valence-corrected chi connectivity index (χ2v) is 7.77. The highest BCUT2D eigenvalue weighted by Gasteiger charge is 2.02. The number of guanidine groups is 1. The Labute approximate surface area is 173 Å². The van der Waals surface area contributed by atoms with Crippen LogP contribution in [0.15, 0.2) is 41.5 Å². The number of aliphatic imine (C=N–C) groups is 1. The minimum Gasteiger partial charge on any atom is -0.381 e. The van der Waals surface area contributed by atoms with E-state index in [1.54, 1.807) is 11.3 Å². The van der Waals surface area contributed by atoms with Crippen molar-refractivity contribution in [3.63, 3.8) is 0 Å². The fourth-order valence-electron chi connectivity index (χ4n) is 2.70. The number of aryl methyl sites for hydroxylation is 1. The molecule has 0 fully saturated rings. The highest BCUT2D eigenvalue weighted by molar-refractivity contribution is 7.11. The van der Waals surface area contributed by atoms with Crippen LogP contribution in [0.5, 0.6) is 0 Å². The molecule has 1 aromatic heterocycles. The Balaban J connectivity index is 1.54. The van der Waals surface area contributed by atoms with Crippen LogP contribution in [0.3, 0.4) is 0 Å². The number of aromatic nitrogens is 1. The molecular weight excluding hydrogens is 368 g/mol. The average Bonchev–Trinajstić information content (AvgIpc) is 3.18. The summed E-state index contributed by atoms with van der Waals surface area (Å²) in [5.41, 5.74) is 1.33. The maximum atomic E-state index is 5.73. The minimum absolute atomic E-state index is 0.786. The first-order valence-corrected chi connectivity index (χ1v) is 11.2. The van der Waals surface area contributed by atoms with Crippen molar-refractivity contribution in [1.29, 1.82) is 0 Å². The summed E-state index contributed by atoms with van der Waals surface area (Å²) < 4.78 is 5.73. The molecule has 0 aliphatic carbocycles. The zero-order valence-electron chi connectivity index (χ0n) is 17.2. The van der Waals surface area contributed by atoms with Gasteiger partial charge in [-0.25, -0.2) is 4.98 Å². The van der Waals surface area contributed by atoms with E-state index in [1.807, 2.05) is 12.3 Å². The standard InChI is InChI=1S/C22H34N4OS/c1-3-20-18-26-21(28-20)12-15-25-22(23-4-2)24-14-8-9-16-27-17-13-19-10-6-5-7-11-19/h5-7,10-11,18H,3-4,8-9,12-17H2,1-2H3,(H2,23,24,25). The van der Waals surface area contributed by atoms with Crippen molar-refractivity contribution in [1.82, 2.24) is 15.6 Å². The van der Waals surface area contributed by atoms with Crippen LogP contribution in [-0.4, -0.2) is 43.8 Å². The largest absolute Gasteiger partial charge is 0.381 e. The van der Waals surface area contributed by atoms with E-state index < -0.39 is 0 Å². The minimum atomic E-state index is 0.786. The number of thiazole rings is 1. The van der Waals surface area contributed by atoms with Gasteiger partial charge < -0.3 is 15.4 Å². The molecule has 2 N–H and O–H groups in total. The summed E-state index contributed by atoms with van der Waals surface area (Å²) in [6, 6.07) is 10.5.